The minimum atomic E-state index is -1.01. The summed E-state index contributed by atoms with van der Waals surface area (Å²) >= 11 is 3.44. The molecule has 0 radical (unpaired) electrons. The Morgan fingerprint density at radius 1 is 1.53 bits per heavy atom. The van der Waals surface area contributed by atoms with Gasteiger partial charge in [0.2, 0.25) is 0 Å². The van der Waals surface area contributed by atoms with Crippen LogP contribution >= 0.6 is 15.9 Å². The van der Waals surface area contributed by atoms with Crippen molar-refractivity contribution < 1.29 is 14.6 Å². The number of aliphatic carboxylic acids is 1. The molecule has 0 spiro atoms. The third kappa shape index (κ3) is 2.98. The molecule has 0 amide bonds. The smallest absolute Gasteiger partial charge is 0.320 e. The van der Waals surface area contributed by atoms with Gasteiger partial charge in [-0.25, -0.2) is 0 Å². The van der Waals surface area contributed by atoms with Crippen molar-refractivity contribution >= 4 is 21.9 Å². The Bertz CT molecular complexity index is 446. The third-order valence-electron chi connectivity index (χ3n) is 2.67. The van der Waals surface area contributed by atoms with E-state index in [0.29, 0.717) is 5.75 Å². The molecule has 0 aliphatic heterocycles. The number of hydrogen-bond donors (Lipinski definition) is 2. The summed E-state index contributed by atoms with van der Waals surface area (Å²) in [5.41, 5.74) is 8.43. The zero-order valence-corrected chi connectivity index (χ0v) is 11.7. The van der Waals surface area contributed by atoms with Crippen molar-refractivity contribution in [2.24, 2.45) is 5.73 Å². The highest BCUT2D eigenvalue weighted by Crippen LogP contribution is 2.35. The maximum Gasteiger partial charge on any atom is 0.320 e. The normalized spacial score (nSPS) is 12.3. The number of halogens is 1. The SMILES string of the molecule is COc1c(Br)c(C)cc(C)c1CC(N)C(=O)O. The van der Waals surface area contributed by atoms with Crippen molar-refractivity contribution in [2.75, 3.05) is 7.11 Å². The van der Waals surface area contributed by atoms with Gasteiger partial charge in [0.1, 0.15) is 11.8 Å². The molecule has 1 unspecified atom stereocenters. The molecule has 0 bridgehead atoms. The first kappa shape index (κ1) is 14.0. The lowest BCUT2D eigenvalue weighted by atomic mass is 9.98. The molecule has 0 heterocycles. The fourth-order valence-electron chi connectivity index (χ4n) is 1.74. The molecule has 1 rings (SSSR count). The van der Waals surface area contributed by atoms with Crippen LogP contribution in [0.4, 0.5) is 0 Å². The number of carbonyl (C=O) groups is 1. The second-order valence-corrected chi connectivity index (χ2v) is 4.78. The fourth-order valence-corrected chi connectivity index (χ4v) is 2.26. The Morgan fingerprint density at radius 3 is 2.59 bits per heavy atom. The molecule has 94 valence electrons. The summed E-state index contributed by atoms with van der Waals surface area (Å²) in [5.74, 6) is -0.345. The summed E-state index contributed by atoms with van der Waals surface area (Å²) in [4.78, 5) is 10.8. The topological polar surface area (TPSA) is 72.5 Å². The summed E-state index contributed by atoms with van der Waals surface area (Å²) in [5, 5.41) is 8.84. The van der Waals surface area contributed by atoms with Crippen molar-refractivity contribution in [1.82, 2.24) is 0 Å². The molecule has 1 atom stereocenters. The summed E-state index contributed by atoms with van der Waals surface area (Å²) in [6, 6.07) is 1.06. The molecule has 1 aromatic carbocycles. The molecule has 1 aromatic rings. The predicted molar refractivity (Wildman–Crippen MR) is 69.5 cm³/mol. The van der Waals surface area contributed by atoms with Gasteiger partial charge in [0.25, 0.3) is 0 Å². The number of methoxy groups -OCH3 is 1. The van der Waals surface area contributed by atoms with E-state index in [9.17, 15) is 4.79 Å². The maximum atomic E-state index is 10.8. The van der Waals surface area contributed by atoms with E-state index in [-0.39, 0.29) is 6.42 Å². The van der Waals surface area contributed by atoms with Gasteiger partial charge in [-0.2, -0.15) is 0 Å². The van der Waals surface area contributed by atoms with Crippen LogP contribution in [0.15, 0.2) is 10.5 Å². The highest BCUT2D eigenvalue weighted by molar-refractivity contribution is 9.10. The van der Waals surface area contributed by atoms with Gasteiger partial charge in [0.05, 0.1) is 11.6 Å². The molecular weight excluding hydrogens is 286 g/mol. The molecule has 4 nitrogen and oxygen atoms in total. The number of benzene rings is 1. The highest BCUT2D eigenvalue weighted by Gasteiger charge is 2.19. The number of carboxylic acids is 1. The quantitative estimate of drug-likeness (QED) is 0.892. The van der Waals surface area contributed by atoms with Crippen LogP contribution < -0.4 is 10.5 Å². The lowest BCUT2D eigenvalue weighted by Gasteiger charge is -2.17. The predicted octanol–water partition coefficient (Wildman–Crippen LogP) is 2.03. The van der Waals surface area contributed by atoms with Crippen LogP contribution in [-0.4, -0.2) is 24.2 Å². The molecule has 3 N–H and O–H groups in total. The third-order valence-corrected chi connectivity index (χ3v) is 3.66. The van der Waals surface area contributed by atoms with Gasteiger partial charge in [-0.1, -0.05) is 6.07 Å². The van der Waals surface area contributed by atoms with E-state index in [1.165, 1.54) is 0 Å². The number of nitrogens with two attached hydrogens (primary N) is 1. The van der Waals surface area contributed by atoms with Crippen LogP contribution in [-0.2, 0) is 11.2 Å². The molecule has 0 fully saturated rings. The molecule has 0 aliphatic carbocycles. The van der Waals surface area contributed by atoms with Gasteiger partial charge < -0.3 is 15.6 Å². The average molecular weight is 302 g/mol. The standard InChI is InChI=1S/C12H16BrNO3/c1-6-4-7(2)10(13)11(17-3)8(6)5-9(14)12(15)16/h4,9H,5,14H2,1-3H3,(H,15,16). The van der Waals surface area contributed by atoms with Crippen molar-refractivity contribution in [2.45, 2.75) is 26.3 Å². The van der Waals surface area contributed by atoms with Crippen molar-refractivity contribution in [3.63, 3.8) is 0 Å². The van der Waals surface area contributed by atoms with Gasteiger partial charge in [0, 0.05) is 12.0 Å². The van der Waals surface area contributed by atoms with Crippen LogP contribution in [0.5, 0.6) is 5.75 Å². The minimum Gasteiger partial charge on any atom is -0.495 e. The van der Waals surface area contributed by atoms with Crippen LogP contribution in [0.3, 0.4) is 0 Å². The van der Waals surface area contributed by atoms with Gasteiger partial charge >= 0.3 is 5.97 Å². The van der Waals surface area contributed by atoms with E-state index in [1.54, 1.807) is 7.11 Å². The van der Waals surface area contributed by atoms with E-state index in [4.69, 9.17) is 15.6 Å². The van der Waals surface area contributed by atoms with E-state index < -0.39 is 12.0 Å². The monoisotopic (exact) mass is 301 g/mol. The van der Waals surface area contributed by atoms with E-state index in [0.717, 1.165) is 21.2 Å². The Hall–Kier alpha value is -1.07. The lowest BCUT2D eigenvalue weighted by Crippen LogP contribution is -2.32. The second-order valence-electron chi connectivity index (χ2n) is 3.99. The second kappa shape index (κ2) is 5.51. The molecule has 5 heteroatoms. The Labute approximate surface area is 109 Å². The van der Waals surface area contributed by atoms with Gasteiger partial charge in [-0.05, 0) is 40.9 Å². The van der Waals surface area contributed by atoms with E-state index in [1.807, 2.05) is 19.9 Å². The fraction of sp³-hybridized carbons (Fsp3) is 0.417. The van der Waals surface area contributed by atoms with Gasteiger partial charge in [-0.3, -0.25) is 4.79 Å². The maximum absolute atomic E-state index is 10.8. The molecule has 0 aromatic heterocycles. The van der Waals surface area contributed by atoms with Crippen LogP contribution in [0.1, 0.15) is 16.7 Å². The molecule has 0 saturated heterocycles. The van der Waals surface area contributed by atoms with Gasteiger partial charge in [0.15, 0.2) is 0 Å². The van der Waals surface area contributed by atoms with Crippen molar-refractivity contribution in [1.29, 1.82) is 0 Å². The Morgan fingerprint density at radius 2 is 2.12 bits per heavy atom. The first-order valence-electron chi connectivity index (χ1n) is 5.19. The summed E-state index contributed by atoms with van der Waals surface area (Å²) in [6.45, 7) is 3.88. The van der Waals surface area contributed by atoms with E-state index >= 15 is 0 Å². The summed E-state index contributed by atoms with van der Waals surface area (Å²) in [7, 11) is 1.56. The summed E-state index contributed by atoms with van der Waals surface area (Å²) in [6.07, 6.45) is 0.253. The highest BCUT2D eigenvalue weighted by atomic mass is 79.9. The number of hydrogen-bond acceptors (Lipinski definition) is 3. The summed E-state index contributed by atoms with van der Waals surface area (Å²) < 4.78 is 6.17. The Kier molecular flexibility index (Phi) is 4.54. The molecular formula is C12H16BrNO3. The first-order chi connectivity index (χ1) is 7.88. The van der Waals surface area contributed by atoms with Crippen molar-refractivity contribution in [3.05, 3.63) is 27.2 Å². The van der Waals surface area contributed by atoms with E-state index in [2.05, 4.69) is 15.9 Å². The zero-order chi connectivity index (χ0) is 13.2. The lowest BCUT2D eigenvalue weighted by molar-refractivity contribution is -0.138. The minimum absolute atomic E-state index is 0.253. The van der Waals surface area contributed by atoms with Crippen LogP contribution in [0.2, 0.25) is 0 Å². The number of carboxylic acid groups (broad SMARTS) is 1. The zero-order valence-electron chi connectivity index (χ0n) is 10.1. The molecule has 17 heavy (non-hydrogen) atoms. The number of aryl methyl sites for hydroxylation is 2. The molecule has 0 aliphatic rings. The largest absolute Gasteiger partial charge is 0.495 e. The van der Waals surface area contributed by atoms with Gasteiger partial charge in [-0.15, -0.1) is 0 Å². The first-order valence-corrected chi connectivity index (χ1v) is 5.98. The molecule has 0 saturated carbocycles. The van der Waals surface area contributed by atoms with Crippen LogP contribution in [0, 0.1) is 13.8 Å². The van der Waals surface area contributed by atoms with Crippen LogP contribution in [0.25, 0.3) is 0 Å². The average Bonchev–Trinajstić information content (AvgIpc) is 2.26. The van der Waals surface area contributed by atoms with Crippen molar-refractivity contribution in [3.8, 4) is 5.75 Å². The number of rotatable bonds is 4. The Balaban J connectivity index is 3.22. The number of ether oxygens (including phenoxy) is 1.